The van der Waals surface area contributed by atoms with E-state index >= 15 is 0 Å². The van der Waals surface area contributed by atoms with Crippen molar-refractivity contribution >= 4 is 9.84 Å². The Morgan fingerprint density at radius 3 is 2.27 bits per heavy atom. The van der Waals surface area contributed by atoms with Gasteiger partial charge in [-0.15, -0.1) is 6.42 Å². The average Bonchev–Trinajstić information content (AvgIpc) is 2.17. The molecule has 0 amide bonds. The van der Waals surface area contributed by atoms with Crippen LogP contribution in [-0.2, 0) is 9.84 Å². The number of rotatable bonds is 1. The number of allylic oxidation sites excluding steroid dienone is 3. The zero-order chi connectivity index (χ0) is 11.7. The number of terminal acetylenes is 1. The molecule has 0 aromatic heterocycles. The van der Waals surface area contributed by atoms with Crippen LogP contribution in [0, 0.1) is 12.3 Å². The summed E-state index contributed by atoms with van der Waals surface area (Å²) in [5.74, 6) is 1.72. The summed E-state index contributed by atoms with van der Waals surface area (Å²) < 4.78 is 57.0. The van der Waals surface area contributed by atoms with Gasteiger partial charge in [-0.3, -0.25) is 0 Å². The van der Waals surface area contributed by atoms with Crippen LogP contribution in [-0.4, -0.2) is 18.7 Å². The first-order valence-electron chi connectivity index (χ1n) is 3.90. The fraction of sp³-hybridized carbons (Fsp3) is 0.333. The molecule has 0 bridgehead atoms. The summed E-state index contributed by atoms with van der Waals surface area (Å²) in [6, 6.07) is 0. The second kappa shape index (κ2) is 3.42. The standard InChI is InChI=1S/C9H7F3O2S/c1-2-8(6-4-3-5-7-8)15(13,14)9(10,11)12/h1,3-6H,7H2. The van der Waals surface area contributed by atoms with E-state index < -0.39 is 20.1 Å². The van der Waals surface area contributed by atoms with Gasteiger partial charge in [0.1, 0.15) is 0 Å². The summed E-state index contributed by atoms with van der Waals surface area (Å²) in [5, 5.41) is 0. The normalized spacial score (nSPS) is 26.3. The SMILES string of the molecule is C#CC1(S(=O)(=O)C(F)(F)F)C=CC=CC1. The Morgan fingerprint density at radius 2 is 1.93 bits per heavy atom. The van der Waals surface area contributed by atoms with Crippen LogP contribution in [0.4, 0.5) is 13.2 Å². The van der Waals surface area contributed by atoms with E-state index in [1.165, 1.54) is 18.2 Å². The third kappa shape index (κ3) is 1.67. The predicted molar refractivity (Wildman–Crippen MR) is 49.4 cm³/mol. The van der Waals surface area contributed by atoms with Gasteiger partial charge in [0.15, 0.2) is 4.75 Å². The topological polar surface area (TPSA) is 34.1 Å². The lowest BCUT2D eigenvalue weighted by molar-refractivity contribution is -0.0447. The molecule has 0 saturated heterocycles. The molecule has 6 heteroatoms. The zero-order valence-corrected chi connectivity index (χ0v) is 8.27. The van der Waals surface area contributed by atoms with Crippen molar-refractivity contribution in [1.82, 2.24) is 0 Å². The van der Waals surface area contributed by atoms with Gasteiger partial charge in [0, 0.05) is 6.42 Å². The van der Waals surface area contributed by atoms with E-state index in [2.05, 4.69) is 0 Å². The maximum Gasteiger partial charge on any atom is 0.499 e. The van der Waals surface area contributed by atoms with Crippen LogP contribution in [0.1, 0.15) is 6.42 Å². The molecule has 1 aliphatic rings. The quantitative estimate of drug-likeness (QED) is 0.651. The lowest BCUT2D eigenvalue weighted by Gasteiger charge is -2.26. The molecule has 15 heavy (non-hydrogen) atoms. The Morgan fingerprint density at radius 1 is 1.33 bits per heavy atom. The van der Waals surface area contributed by atoms with Crippen molar-refractivity contribution in [3.8, 4) is 12.3 Å². The Bertz CT molecular complexity index is 451. The molecule has 1 unspecified atom stereocenters. The van der Waals surface area contributed by atoms with Gasteiger partial charge in [-0.1, -0.05) is 30.2 Å². The largest absolute Gasteiger partial charge is 0.499 e. The number of sulfone groups is 1. The highest BCUT2D eigenvalue weighted by molar-refractivity contribution is 7.94. The van der Waals surface area contributed by atoms with Crippen molar-refractivity contribution in [2.45, 2.75) is 16.7 Å². The molecule has 1 aliphatic carbocycles. The minimum Gasteiger partial charge on any atom is -0.218 e. The van der Waals surface area contributed by atoms with Crippen molar-refractivity contribution < 1.29 is 21.6 Å². The minimum atomic E-state index is -5.39. The molecule has 0 aromatic rings. The summed E-state index contributed by atoms with van der Waals surface area (Å²) >= 11 is 0. The van der Waals surface area contributed by atoms with E-state index in [1.807, 2.05) is 0 Å². The molecule has 1 atom stereocenters. The second-order valence-corrected chi connectivity index (χ2v) is 5.17. The van der Waals surface area contributed by atoms with E-state index in [-0.39, 0.29) is 6.42 Å². The van der Waals surface area contributed by atoms with Gasteiger partial charge in [0.2, 0.25) is 0 Å². The molecule has 0 aromatic carbocycles. The third-order valence-electron chi connectivity index (χ3n) is 2.06. The van der Waals surface area contributed by atoms with Gasteiger partial charge in [-0.05, 0) is 0 Å². The van der Waals surface area contributed by atoms with Crippen molar-refractivity contribution in [2.24, 2.45) is 0 Å². The Hall–Kier alpha value is -1.22. The van der Waals surface area contributed by atoms with Crippen LogP contribution in [0.5, 0.6) is 0 Å². The van der Waals surface area contributed by atoms with E-state index in [1.54, 1.807) is 5.92 Å². The molecule has 1 rings (SSSR count). The fourth-order valence-electron chi connectivity index (χ4n) is 1.19. The molecule has 0 saturated carbocycles. The molecule has 0 aliphatic heterocycles. The molecule has 0 fully saturated rings. The zero-order valence-electron chi connectivity index (χ0n) is 7.45. The van der Waals surface area contributed by atoms with Crippen LogP contribution in [0.25, 0.3) is 0 Å². The first kappa shape index (κ1) is 11.9. The van der Waals surface area contributed by atoms with Crippen molar-refractivity contribution in [2.75, 3.05) is 0 Å². The lowest BCUT2D eigenvalue weighted by Crippen LogP contribution is -2.44. The highest BCUT2D eigenvalue weighted by Gasteiger charge is 2.57. The Labute approximate surface area is 85.4 Å². The predicted octanol–water partition coefficient (Wildman–Crippen LogP) is 1.81. The van der Waals surface area contributed by atoms with Gasteiger partial charge in [0.25, 0.3) is 9.84 Å². The molecule has 82 valence electrons. The maximum absolute atomic E-state index is 12.3. The van der Waals surface area contributed by atoms with Crippen LogP contribution < -0.4 is 0 Å². The number of hydrogen-bond donors (Lipinski definition) is 0. The van der Waals surface area contributed by atoms with Crippen molar-refractivity contribution in [1.29, 1.82) is 0 Å². The maximum atomic E-state index is 12.3. The first-order chi connectivity index (χ1) is 6.77. The molecule has 0 spiro atoms. The van der Waals surface area contributed by atoms with Gasteiger partial charge >= 0.3 is 5.51 Å². The van der Waals surface area contributed by atoms with Gasteiger partial charge in [-0.2, -0.15) is 13.2 Å². The summed E-state index contributed by atoms with van der Waals surface area (Å²) in [5.41, 5.74) is -5.34. The summed E-state index contributed by atoms with van der Waals surface area (Å²) in [7, 11) is -5.39. The second-order valence-electron chi connectivity index (χ2n) is 2.97. The van der Waals surface area contributed by atoms with E-state index in [0.29, 0.717) is 0 Å². The van der Waals surface area contributed by atoms with Crippen LogP contribution in [0.15, 0.2) is 24.3 Å². The summed E-state index contributed by atoms with van der Waals surface area (Å²) in [6.45, 7) is 0. The summed E-state index contributed by atoms with van der Waals surface area (Å²) in [4.78, 5) is 0. The van der Waals surface area contributed by atoms with Gasteiger partial charge in [0.05, 0.1) is 0 Å². The van der Waals surface area contributed by atoms with Crippen molar-refractivity contribution in [3.05, 3.63) is 24.3 Å². The smallest absolute Gasteiger partial charge is 0.218 e. The highest BCUT2D eigenvalue weighted by atomic mass is 32.2. The Balaban J connectivity index is 3.34. The molecule has 0 heterocycles. The van der Waals surface area contributed by atoms with E-state index in [9.17, 15) is 21.6 Å². The van der Waals surface area contributed by atoms with E-state index in [0.717, 1.165) is 6.08 Å². The first-order valence-corrected chi connectivity index (χ1v) is 5.38. The van der Waals surface area contributed by atoms with Crippen LogP contribution >= 0.6 is 0 Å². The van der Waals surface area contributed by atoms with Gasteiger partial charge < -0.3 is 0 Å². The molecule has 2 nitrogen and oxygen atoms in total. The fourth-order valence-corrected chi connectivity index (χ4v) is 2.33. The molecule has 0 radical (unpaired) electrons. The van der Waals surface area contributed by atoms with Crippen LogP contribution in [0.2, 0.25) is 0 Å². The van der Waals surface area contributed by atoms with Crippen molar-refractivity contribution in [3.63, 3.8) is 0 Å². The number of hydrogen-bond acceptors (Lipinski definition) is 2. The number of alkyl halides is 3. The molecular weight excluding hydrogens is 229 g/mol. The van der Waals surface area contributed by atoms with Crippen LogP contribution in [0.3, 0.4) is 0 Å². The van der Waals surface area contributed by atoms with Gasteiger partial charge in [-0.25, -0.2) is 8.42 Å². The monoisotopic (exact) mass is 236 g/mol. The number of halogens is 3. The third-order valence-corrected chi connectivity index (χ3v) is 4.05. The minimum absolute atomic E-state index is 0.359. The molecule has 0 N–H and O–H groups in total. The Kier molecular flexibility index (Phi) is 2.70. The molecular formula is C9H7F3O2S. The summed E-state index contributed by atoms with van der Waals surface area (Å²) in [6.07, 6.45) is 9.37. The van der Waals surface area contributed by atoms with E-state index in [4.69, 9.17) is 6.42 Å². The average molecular weight is 236 g/mol. The lowest BCUT2D eigenvalue weighted by atomic mass is 10.0. The highest BCUT2D eigenvalue weighted by Crippen LogP contribution is 2.37.